The third kappa shape index (κ3) is 3.15. The second-order valence-electron chi connectivity index (χ2n) is 4.66. The molecular weight excluding hydrogens is 236 g/mol. The standard InChI is InChI=1S/C12H18N2O4/c15-11(16)9-4-5-14(8-9)12(17)13-7-10-3-1-2-6-18-10/h2,6,9-10H,1,3-5,7-8H2,(H,13,17)(H,15,16). The molecule has 0 radical (unpaired) electrons. The van der Waals surface area contributed by atoms with E-state index in [0.717, 1.165) is 12.8 Å². The van der Waals surface area contributed by atoms with Gasteiger partial charge in [-0.05, 0) is 25.3 Å². The van der Waals surface area contributed by atoms with Gasteiger partial charge >= 0.3 is 12.0 Å². The fraction of sp³-hybridized carbons (Fsp3) is 0.667. The maximum atomic E-state index is 11.8. The first-order chi connectivity index (χ1) is 8.66. The van der Waals surface area contributed by atoms with Gasteiger partial charge in [-0.3, -0.25) is 4.79 Å². The molecule has 6 heteroatoms. The number of carbonyl (C=O) groups is 2. The minimum absolute atomic E-state index is 0.0248. The maximum absolute atomic E-state index is 11.8. The molecule has 2 aliphatic heterocycles. The van der Waals surface area contributed by atoms with Crippen molar-refractivity contribution in [1.82, 2.24) is 10.2 Å². The Hall–Kier alpha value is -1.72. The molecule has 0 saturated carbocycles. The molecule has 1 fully saturated rings. The van der Waals surface area contributed by atoms with E-state index in [1.807, 2.05) is 6.08 Å². The lowest BCUT2D eigenvalue weighted by atomic mass is 10.1. The molecule has 6 nitrogen and oxygen atoms in total. The molecule has 0 aliphatic carbocycles. The van der Waals surface area contributed by atoms with E-state index in [-0.39, 0.29) is 12.1 Å². The first-order valence-corrected chi connectivity index (χ1v) is 6.23. The van der Waals surface area contributed by atoms with Crippen LogP contribution in [0.25, 0.3) is 0 Å². The summed E-state index contributed by atoms with van der Waals surface area (Å²) in [5.74, 6) is -1.25. The summed E-state index contributed by atoms with van der Waals surface area (Å²) in [6.45, 7) is 1.28. The Balaban J connectivity index is 1.72. The molecule has 2 atom stereocenters. The first-order valence-electron chi connectivity index (χ1n) is 6.23. The molecule has 0 spiro atoms. The molecule has 0 aromatic carbocycles. The predicted molar refractivity (Wildman–Crippen MR) is 64.0 cm³/mol. The summed E-state index contributed by atoms with van der Waals surface area (Å²) in [6.07, 6.45) is 6.04. The summed E-state index contributed by atoms with van der Waals surface area (Å²) in [5, 5.41) is 11.6. The summed E-state index contributed by atoms with van der Waals surface area (Å²) in [4.78, 5) is 24.1. The lowest BCUT2D eigenvalue weighted by Gasteiger charge is -2.22. The van der Waals surface area contributed by atoms with E-state index in [1.165, 1.54) is 0 Å². The Morgan fingerprint density at radius 3 is 2.89 bits per heavy atom. The number of amides is 2. The van der Waals surface area contributed by atoms with Crippen molar-refractivity contribution in [1.29, 1.82) is 0 Å². The molecule has 2 N–H and O–H groups in total. The Kier molecular flexibility index (Phi) is 4.07. The number of nitrogens with zero attached hydrogens (tertiary/aromatic N) is 1. The lowest BCUT2D eigenvalue weighted by molar-refractivity contribution is -0.141. The van der Waals surface area contributed by atoms with E-state index < -0.39 is 11.9 Å². The smallest absolute Gasteiger partial charge is 0.317 e. The number of urea groups is 1. The van der Waals surface area contributed by atoms with Crippen molar-refractivity contribution in [3.05, 3.63) is 12.3 Å². The van der Waals surface area contributed by atoms with Crippen LogP contribution in [-0.2, 0) is 9.53 Å². The van der Waals surface area contributed by atoms with Gasteiger partial charge in [0.2, 0.25) is 0 Å². The number of nitrogens with one attached hydrogen (secondary N) is 1. The summed E-state index contributed by atoms with van der Waals surface area (Å²) < 4.78 is 5.34. The molecule has 2 aliphatic rings. The Labute approximate surface area is 106 Å². The predicted octanol–water partition coefficient (Wildman–Crippen LogP) is 0.795. The van der Waals surface area contributed by atoms with Gasteiger partial charge in [0, 0.05) is 13.1 Å². The van der Waals surface area contributed by atoms with Crippen LogP contribution in [0.5, 0.6) is 0 Å². The number of likely N-dealkylation sites (tertiary alicyclic amines) is 1. The zero-order valence-electron chi connectivity index (χ0n) is 10.2. The average Bonchev–Trinajstić information content (AvgIpc) is 2.87. The van der Waals surface area contributed by atoms with Gasteiger partial charge < -0.3 is 20.1 Å². The molecule has 2 amide bonds. The van der Waals surface area contributed by atoms with Crippen LogP contribution in [0.4, 0.5) is 4.79 Å². The Bertz CT molecular complexity index is 356. The van der Waals surface area contributed by atoms with Crippen LogP contribution in [0, 0.1) is 5.92 Å². The van der Waals surface area contributed by atoms with Gasteiger partial charge in [0.25, 0.3) is 0 Å². The van der Waals surface area contributed by atoms with Crippen molar-refractivity contribution < 1.29 is 19.4 Å². The highest BCUT2D eigenvalue weighted by Gasteiger charge is 2.30. The lowest BCUT2D eigenvalue weighted by Crippen LogP contribution is -2.42. The number of hydrogen-bond acceptors (Lipinski definition) is 3. The van der Waals surface area contributed by atoms with Crippen molar-refractivity contribution in [3.63, 3.8) is 0 Å². The molecule has 2 rings (SSSR count). The van der Waals surface area contributed by atoms with E-state index in [9.17, 15) is 9.59 Å². The molecule has 0 aromatic rings. The van der Waals surface area contributed by atoms with Crippen molar-refractivity contribution in [3.8, 4) is 0 Å². The summed E-state index contributed by atoms with van der Waals surface area (Å²) in [6, 6.07) is -0.197. The summed E-state index contributed by atoms with van der Waals surface area (Å²) >= 11 is 0. The number of ether oxygens (including phenoxy) is 1. The number of allylic oxidation sites excluding steroid dienone is 1. The normalized spacial score (nSPS) is 26.8. The zero-order valence-corrected chi connectivity index (χ0v) is 10.2. The Morgan fingerprint density at radius 1 is 1.44 bits per heavy atom. The van der Waals surface area contributed by atoms with Crippen LogP contribution in [0.15, 0.2) is 12.3 Å². The van der Waals surface area contributed by atoms with Crippen LogP contribution in [-0.4, -0.2) is 47.7 Å². The number of carboxylic acid groups (broad SMARTS) is 1. The van der Waals surface area contributed by atoms with Gasteiger partial charge in [0.15, 0.2) is 0 Å². The van der Waals surface area contributed by atoms with Gasteiger partial charge in [0.05, 0.1) is 18.7 Å². The zero-order chi connectivity index (χ0) is 13.0. The van der Waals surface area contributed by atoms with Gasteiger partial charge in [-0.15, -0.1) is 0 Å². The van der Waals surface area contributed by atoms with Crippen molar-refractivity contribution in [2.75, 3.05) is 19.6 Å². The van der Waals surface area contributed by atoms with E-state index in [4.69, 9.17) is 9.84 Å². The summed E-state index contributed by atoms with van der Waals surface area (Å²) in [5.41, 5.74) is 0. The molecule has 2 unspecified atom stereocenters. The molecule has 0 aromatic heterocycles. The minimum atomic E-state index is -0.828. The quantitative estimate of drug-likeness (QED) is 0.780. The molecule has 2 heterocycles. The number of carboxylic acids is 1. The van der Waals surface area contributed by atoms with Crippen molar-refractivity contribution in [2.24, 2.45) is 5.92 Å². The van der Waals surface area contributed by atoms with Gasteiger partial charge in [-0.2, -0.15) is 0 Å². The van der Waals surface area contributed by atoms with E-state index in [1.54, 1.807) is 11.2 Å². The van der Waals surface area contributed by atoms with Gasteiger partial charge in [-0.1, -0.05) is 0 Å². The van der Waals surface area contributed by atoms with E-state index >= 15 is 0 Å². The fourth-order valence-corrected chi connectivity index (χ4v) is 2.19. The van der Waals surface area contributed by atoms with E-state index in [0.29, 0.717) is 26.1 Å². The largest absolute Gasteiger partial charge is 0.497 e. The topological polar surface area (TPSA) is 78.9 Å². The molecule has 100 valence electrons. The van der Waals surface area contributed by atoms with Crippen LogP contribution < -0.4 is 5.32 Å². The molecule has 1 saturated heterocycles. The molecule has 0 bridgehead atoms. The second kappa shape index (κ2) is 5.75. The van der Waals surface area contributed by atoms with Crippen molar-refractivity contribution in [2.45, 2.75) is 25.4 Å². The highest BCUT2D eigenvalue weighted by molar-refractivity contribution is 5.77. The SMILES string of the molecule is O=C(O)C1CCN(C(=O)NCC2CCC=CO2)C1. The number of aliphatic carboxylic acids is 1. The minimum Gasteiger partial charge on any atom is -0.497 e. The van der Waals surface area contributed by atoms with Gasteiger partial charge in [-0.25, -0.2) is 4.79 Å². The van der Waals surface area contributed by atoms with Crippen LogP contribution >= 0.6 is 0 Å². The second-order valence-corrected chi connectivity index (χ2v) is 4.66. The number of carbonyl (C=O) groups excluding carboxylic acids is 1. The van der Waals surface area contributed by atoms with Crippen LogP contribution in [0.2, 0.25) is 0 Å². The highest BCUT2D eigenvalue weighted by atomic mass is 16.5. The van der Waals surface area contributed by atoms with Crippen LogP contribution in [0.3, 0.4) is 0 Å². The van der Waals surface area contributed by atoms with E-state index in [2.05, 4.69) is 5.32 Å². The van der Waals surface area contributed by atoms with Crippen molar-refractivity contribution >= 4 is 12.0 Å². The summed E-state index contributed by atoms with van der Waals surface area (Å²) in [7, 11) is 0. The first kappa shape index (κ1) is 12.7. The fourth-order valence-electron chi connectivity index (χ4n) is 2.19. The third-order valence-electron chi connectivity index (χ3n) is 3.33. The highest BCUT2D eigenvalue weighted by Crippen LogP contribution is 2.16. The molecular formula is C12H18N2O4. The Morgan fingerprint density at radius 2 is 2.28 bits per heavy atom. The monoisotopic (exact) mass is 254 g/mol. The number of hydrogen-bond donors (Lipinski definition) is 2. The number of rotatable bonds is 3. The maximum Gasteiger partial charge on any atom is 0.317 e. The molecule has 18 heavy (non-hydrogen) atoms. The average molecular weight is 254 g/mol. The third-order valence-corrected chi connectivity index (χ3v) is 3.33. The van der Waals surface area contributed by atoms with Crippen LogP contribution in [0.1, 0.15) is 19.3 Å². The van der Waals surface area contributed by atoms with Gasteiger partial charge in [0.1, 0.15) is 6.10 Å².